The van der Waals surface area contributed by atoms with Crippen LogP contribution in [0.3, 0.4) is 0 Å². The average molecular weight is 178 g/mol. The Labute approximate surface area is 71.9 Å². The summed E-state index contributed by atoms with van der Waals surface area (Å²) >= 11 is 0. The number of halogens is 2. The number of hydrogen-bond donors (Lipinski definition) is 1. The zero-order valence-corrected chi connectivity index (χ0v) is 7.56. The summed E-state index contributed by atoms with van der Waals surface area (Å²) in [5.41, 5.74) is 0. The standard InChI is InChI=1S/C8H16F2N2/c1-6-4-12(5-8(9)10)7(2)3-11-6/h6-8,11H,3-5H2,1-2H3. The van der Waals surface area contributed by atoms with Crippen LogP contribution in [-0.2, 0) is 0 Å². The Kier molecular flexibility index (Phi) is 3.40. The molecule has 2 unspecified atom stereocenters. The number of alkyl halides is 2. The fourth-order valence-electron chi connectivity index (χ4n) is 1.53. The molecular formula is C8H16F2N2. The molecule has 1 N–H and O–H groups in total. The van der Waals surface area contributed by atoms with Crippen molar-refractivity contribution in [1.82, 2.24) is 10.2 Å². The minimum absolute atomic E-state index is 0.0901. The zero-order valence-electron chi connectivity index (χ0n) is 7.56. The maximum atomic E-state index is 12.1. The summed E-state index contributed by atoms with van der Waals surface area (Å²) in [5.74, 6) is 0. The highest BCUT2D eigenvalue weighted by atomic mass is 19.3. The maximum Gasteiger partial charge on any atom is 0.251 e. The third kappa shape index (κ3) is 2.68. The predicted molar refractivity (Wildman–Crippen MR) is 44.5 cm³/mol. The number of hydrogen-bond acceptors (Lipinski definition) is 2. The Balaban J connectivity index is 2.38. The summed E-state index contributed by atoms with van der Waals surface area (Å²) in [6.07, 6.45) is -2.21. The van der Waals surface area contributed by atoms with Crippen molar-refractivity contribution < 1.29 is 8.78 Å². The van der Waals surface area contributed by atoms with Crippen LogP contribution in [0, 0.1) is 0 Å². The molecule has 0 aliphatic carbocycles. The van der Waals surface area contributed by atoms with Crippen LogP contribution in [0.1, 0.15) is 13.8 Å². The van der Waals surface area contributed by atoms with Crippen molar-refractivity contribution in [1.29, 1.82) is 0 Å². The van der Waals surface area contributed by atoms with Crippen LogP contribution in [0.25, 0.3) is 0 Å². The van der Waals surface area contributed by atoms with Crippen LogP contribution in [0.2, 0.25) is 0 Å². The van der Waals surface area contributed by atoms with Gasteiger partial charge in [-0.1, -0.05) is 0 Å². The molecule has 2 nitrogen and oxygen atoms in total. The Morgan fingerprint density at radius 3 is 2.75 bits per heavy atom. The van der Waals surface area contributed by atoms with Gasteiger partial charge in [-0.2, -0.15) is 0 Å². The van der Waals surface area contributed by atoms with Crippen molar-refractivity contribution in [3.05, 3.63) is 0 Å². The highest BCUT2D eigenvalue weighted by molar-refractivity contribution is 4.81. The summed E-state index contributed by atoms with van der Waals surface area (Å²) in [4.78, 5) is 1.84. The van der Waals surface area contributed by atoms with Gasteiger partial charge in [0, 0.05) is 25.2 Å². The van der Waals surface area contributed by atoms with Gasteiger partial charge in [0.2, 0.25) is 0 Å². The normalized spacial score (nSPS) is 32.8. The van der Waals surface area contributed by atoms with Crippen LogP contribution < -0.4 is 5.32 Å². The number of nitrogens with zero attached hydrogens (tertiary/aromatic N) is 1. The zero-order chi connectivity index (χ0) is 9.14. The van der Waals surface area contributed by atoms with Crippen LogP contribution >= 0.6 is 0 Å². The van der Waals surface area contributed by atoms with E-state index < -0.39 is 6.43 Å². The third-order valence-electron chi connectivity index (χ3n) is 2.27. The van der Waals surface area contributed by atoms with Gasteiger partial charge in [-0.05, 0) is 13.8 Å². The van der Waals surface area contributed by atoms with E-state index in [1.807, 2.05) is 18.7 Å². The molecule has 1 fully saturated rings. The first-order chi connectivity index (χ1) is 5.59. The predicted octanol–water partition coefficient (Wildman–Crippen LogP) is 0.934. The molecule has 2 atom stereocenters. The molecule has 0 spiro atoms. The monoisotopic (exact) mass is 178 g/mol. The van der Waals surface area contributed by atoms with Gasteiger partial charge in [0.05, 0.1) is 6.54 Å². The molecule has 1 saturated heterocycles. The van der Waals surface area contributed by atoms with E-state index in [9.17, 15) is 8.78 Å². The fraction of sp³-hybridized carbons (Fsp3) is 1.00. The largest absolute Gasteiger partial charge is 0.311 e. The molecule has 0 amide bonds. The van der Waals surface area contributed by atoms with E-state index in [2.05, 4.69) is 5.32 Å². The maximum absolute atomic E-state index is 12.1. The van der Waals surface area contributed by atoms with Crippen LogP contribution in [0.5, 0.6) is 0 Å². The minimum atomic E-state index is -2.21. The van der Waals surface area contributed by atoms with E-state index in [0.717, 1.165) is 13.1 Å². The molecule has 12 heavy (non-hydrogen) atoms. The highest BCUT2D eigenvalue weighted by Crippen LogP contribution is 2.08. The lowest BCUT2D eigenvalue weighted by atomic mass is 10.1. The SMILES string of the molecule is CC1CN(CC(F)F)C(C)CN1. The van der Waals surface area contributed by atoms with Gasteiger partial charge in [-0.25, -0.2) is 8.78 Å². The Bertz CT molecular complexity index is 139. The molecule has 0 aromatic carbocycles. The summed E-state index contributed by atoms with van der Waals surface area (Å²) < 4.78 is 24.1. The van der Waals surface area contributed by atoms with Gasteiger partial charge in [-0.15, -0.1) is 0 Å². The first-order valence-electron chi connectivity index (χ1n) is 4.35. The molecule has 1 rings (SSSR count). The first-order valence-corrected chi connectivity index (χ1v) is 4.35. The average Bonchev–Trinajstić information content (AvgIpc) is 1.96. The smallest absolute Gasteiger partial charge is 0.251 e. The summed E-state index contributed by atoms with van der Waals surface area (Å²) in [7, 11) is 0. The second-order valence-electron chi connectivity index (χ2n) is 3.50. The van der Waals surface area contributed by atoms with Gasteiger partial charge in [0.25, 0.3) is 6.43 Å². The van der Waals surface area contributed by atoms with Gasteiger partial charge in [0.1, 0.15) is 0 Å². The van der Waals surface area contributed by atoms with Crippen molar-refractivity contribution in [2.24, 2.45) is 0 Å². The van der Waals surface area contributed by atoms with Crippen molar-refractivity contribution >= 4 is 0 Å². The fourth-order valence-corrected chi connectivity index (χ4v) is 1.53. The molecule has 1 heterocycles. The topological polar surface area (TPSA) is 15.3 Å². The lowest BCUT2D eigenvalue weighted by Gasteiger charge is -2.37. The van der Waals surface area contributed by atoms with Gasteiger partial charge < -0.3 is 5.32 Å². The molecule has 72 valence electrons. The molecular weight excluding hydrogens is 162 g/mol. The Morgan fingerprint density at radius 1 is 1.50 bits per heavy atom. The Hall–Kier alpha value is -0.220. The lowest BCUT2D eigenvalue weighted by Crippen LogP contribution is -2.55. The number of piperazine rings is 1. The van der Waals surface area contributed by atoms with E-state index in [4.69, 9.17) is 0 Å². The van der Waals surface area contributed by atoms with Crippen LogP contribution in [0.15, 0.2) is 0 Å². The van der Waals surface area contributed by atoms with E-state index in [-0.39, 0.29) is 12.6 Å². The molecule has 0 aromatic heterocycles. The molecule has 1 aliphatic heterocycles. The summed E-state index contributed by atoms with van der Waals surface area (Å²) in [6, 6.07) is 0.565. The molecule has 0 radical (unpaired) electrons. The van der Waals surface area contributed by atoms with E-state index in [1.54, 1.807) is 0 Å². The second kappa shape index (κ2) is 4.14. The van der Waals surface area contributed by atoms with E-state index in [0.29, 0.717) is 6.04 Å². The van der Waals surface area contributed by atoms with Gasteiger partial charge in [-0.3, -0.25) is 4.90 Å². The third-order valence-corrected chi connectivity index (χ3v) is 2.27. The van der Waals surface area contributed by atoms with E-state index >= 15 is 0 Å². The molecule has 1 aliphatic rings. The first kappa shape index (κ1) is 9.86. The summed E-state index contributed by atoms with van der Waals surface area (Å²) in [5, 5.41) is 3.25. The quantitative estimate of drug-likeness (QED) is 0.676. The van der Waals surface area contributed by atoms with Crippen LogP contribution in [-0.4, -0.2) is 43.0 Å². The molecule has 4 heteroatoms. The summed E-state index contributed by atoms with van der Waals surface area (Å²) in [6.45, 7) is 5.44. The van der Waals surface area contributed by atoms with Crippen molar-refractivity contribution in [2.45, 2.75) is 32.4 Å². The van der Waals surface area contributed by atoms with Gasteiger partial charge >= 0.3 is 0 Å². The Morgan fingerprint density at radius 2 is 2.17 bits per heavy atom. The molecule has 0 bridgehead atoms. The molecule has 0 aromatic rings. The highest BCUT2D eigenvalue weighted by Gasteiger charge is 2.24. The second-order valence-corrected chi connectivity index (χ2v) is 3.50. The van der Waals surface area contributed by atoms with Gasteiger partial charge in [0.15, 0.2) is 0 Å². The van der Waals surface area contributed by atoms with Crippen molar-refractivity contribution in [3.63, 3.8) is 0 Å². The number of nitrogens with one attached hydrogen (secondary N) is 1. The minimum Gasteiger partial charge on any atom is -0.311 e. The van der Waals surface area contributed by atoms with Crippen molar-refractivity contribution in [2.75, 3.05) is 19.6 Å². The number of rotatable bonds is 2. The van der Waals surface area contributed by atoms with Crippen molar-refractivity contribution in [3.8, 4) is 0 Å². The van der Waals surface area contributed by atoms with Crippen LogP contribution in [0.4, 0.5) is 8.78 Å². The lowest BCUT2D eigenvalue weighted by molar-refractivity contribution is 0.0503. The molecule has 0 saturated carbocycles. The van der Waals surface area contributed by atoms with E-state index in [1.165, 1.54) is 0 Å².